The van der Waals surface area contributed by atoms with E-state index in [0.29, 0.717) is 23.8 Å². The third-order valence-corrected chi connectivity index (χ3v) is 6.46. The van der Waals surface area contributed by atoms with Crippen molar-refractivity contribution in [1.29, 1.82) is 0 Å². The van der Waals surface area contributed by atoms with Gasteiger partial charge in [-0.3, -0.25) is 4.79 Å². The van der Waals surface area contributed by atoms with Gasteiger partial charge in [0.2, 0.25) is 0 Å². The van der Waals surface area contributed by atoms with Gasteiger partial charge in [0, 0.05) is 36.6 Å². The molecule has 4 aromatic rings. The predicted molar refractivity (Wildman–Crippen MR) is 119 cm³/mol. The highest BCUT2D eigenvalue weighted by atomic mass is 35.5. The zero-order valence-corrected chi connectivity index (χ0v) is 17.9. The summed E-state index contributed by atoms with van der Waals surface area (Å²) >= 11 is 7.48. The monoisotopic (exact) mass is 438 g/mol. The summed E-state index contributed by atoms with van der Waals surface area (Å²) in [6.07, 6.45) is 0. The molecule has 3 heterocycles. The number of carbonyl (C=O) groups excluding carboxylic acids is 1. The number of piperazine rings is 1. The molecule has 0 spiro atoms. The highest BCUT2D eigenvalue weighted by molar-refractivity contribution is 7.13. The first-order chi connectivity index (χ1) is 14.6. The lowest BCUT2D eigenvalue weighted by Gasteiger charge is -2.34. The van der Waals surface area contributed by atoms with Crippen molar-refractivity contribution >= 4 is 44.9 Å². The Bertz CT molecular complexity index is 1210. The fourth-order valence-corrected chi connectivity index (χ4v) is 4.65. The van der Waals surface area contributed by atoms with E-state index in [4.69, 9.17) is 11.6 Å². The molecule has 7 nitrogen and oxygen atoms in total. The molecular formula is C21H19ClN6OS. The van der Waals surface area contributed by atoms with E-state index >= 15 is 0 Å². The molecule has 9 heteroatoms. The van der Waals surface area contributed by atoms with Crippen LogP contribution in [0.15, 0.2) is 48.5 Å². The van der Waals surface area contributed by atoms with Gasteiger partial charge in [0.1, 0.15) is 5.82 Å². The number of nitrogens with zero attached hydrogens (tertiary/aromatic N) is 6. The van der Waals surface area contributed by atoms with Crippen LogP contribution in [0.1, 0.15) is 16.2 Å². The SMILES string of the molecule is Cc1c(C(=O)N2CCN(c3nsc4ccccc34)CC2)nnn1-c1ccc(Cl)cc1. The third-order valence-electron chi connectivity index (χ3n) is 5.39. The third kappa shape index (κ3) is 3.32. The van der Waals surface area contributed by atoms with Gasteiger partial charge in [0.25, 0.3) is 5.91 Å². The molecular weight excluding hydrogens is 420 g/mol. The van der Waals surface area contributed by atoms with Crippen LogP contribution in [0.4, 0.5) is 5.82 Å². The summed E-state index contributed by atoms with van der Waals surface area (Å²) in [5.74, 6) is 0.920. The second-order valence-corrected chi connectivity index (χ2v) is 8.43. The summed E-state index contributed by atoms with van der Waals surface area (Å²) in [5, 5.41) is 10.2. The number of aromatic nitrogens is 4. The Labute approximate surface area is 182 Å². The highest BCUT2D eigenvalue weighted by Gasteiger charge is 2.27. The van der Waals surface area contributed by atoms with Crippen molar-refractivity contribution in [1.82, 2.24) is 24.3 Å². The Kier molecular flexibility index (Phi) is 4.88. The fourth-order valence-electron chi connectivity index (χ4n) is 3.73. The molecule has 152 valence electrons. The fraction of sp³-hybridized carbons (Fsp3) is 0.238. The van der Waals surface area contributed by atoms with Gasteiger partial charge in [-0.05, 0) is 54.9 Å². The van der Waals surface area contributed by atoms with Crippen LogP contribution >= 0.6 is 23.1 Å². The van der Waals surface area contributed by atoms with Gasteiger partial charge in [-0.25, -0.2) is 4.68 Å². The summed E-state index contributed by atoms with van der Waals surface area (Å²) in [7, 11) is 0. The Morgan fingerprint density at radius 1 is 1.03 bits per heavy atom. The number of benzene rings is 2. The number of fused-ring (bicyclic) bond motifs is 1. The molecule has 0 radical (unpaired) electrons. The second-order valence-electron chi connectivity index (χ2n) is 7.19. The zero-order chi connectivity index (χ0) is 20.7. The Morgan fingerprint density at radius 3 is 2.53 bits per heavy atom. The van der Waals surface area contributed by atoms with Gasteiger partial charge in [-0.15, -0.1) is 5.10 Å². The molecule has 0 N–H and O–H groups in total. The van der Waals surface area contributed by atoms with E-state index in [1.54, 1.807) is 16.8 Å². The van der Waals surface area contributed by atoms with E-state index in [0.717, 1.165) is 30.3 Å². The van der Waals surface area contributed by atoms with Gasteiger partial charge >= 0.3 is 0 Å². The molecule has 0 saturated carbocycles. The van der Waals surface area contributed by atoms with E-state index in [1.807, 2.05) is 36.1 Å². The number of hydrogen-bond donors (Lipinski definition) is 0. The normalized spacial score (nSPS) is 14.5. The van der Waals surface area contributed by atoms with Crippen LogP contribution in [0.25, 0.3) is 15.8 Å². The van der Waals surface area contributed by atoms with E-state index < -0.39 is 0 Å². The van der Waals surface area contributed by atoms with Gasteiger partial charge in [0.05, 0.1) is 16.1 Å². The number of carbonyl (C=O) groups is 1. The van der Waals surface area contributed by atoms with Crippen LogP contribution in [-0.4, -0.2) is 56.4 Å². The number of halogens is 1. The Hall–Kier alpha value is -2.97. The van der Waals surface area contributed by atoms with Crippen LogP contribution < -0.4 is 4.90 Å². The Morgan fingerprint density at radius 2 is 1.77 bits per heavy atom. The van der Waals surface area contributed by atoms with Crippen molar-refractivity contribution in [2.24, 2.45) is 0 Å². The topological polar surface area (TPSA) is 67.2 Å². The maximum absolute atomic E-state index is 13.1. The largest absolute Gasteiger partial charge is 0.352 e. The molecule has 0 atom stereocenters. The van der Waals surface area contributed by atoms with Crippen molar-refractivity contribution in [2.45, 2.75) is 6.92 Å². The van der Waals surface area contributed by atoms with E-state index in [-0.39, 0.29) is 5.91 Å². The Balaban J connectivity index is 1.31. The van der Waals surface area contributed by atoms with Crippen molar-refractivity contribution in [3.63, 3.8) is 0 Å². The van der Waals surface area contributed by atoms with Crippen LogP contribution in [0.2, 0.25) is 5.02 Å². The maximum atomic E-state index is 13.1. The molecule has 5 rings (SSSR count). The molecule has 0 aliphatic carbocycles. The molecule has 0 unspecified atom stereocenters. The number of amides is 1. The molecule has 1 aliphatic rings. The minimum atomic E-state index is -0.0875. The maximum Gasteiger partial charge on any atom is 0.276 e. The average Bonchev–Trinajstić information content (AvgIpc) is 3.38. The standard InChI is InChI=1S/C21H19ClN6OS/c1-14-19(23-25-28(14)16-8-6-15(22)7-9-16)21(29)27-12-10-26(11-13-27)20-17-4-2-3-5-18(17)30-24-20/h2-9H,10-13H2,1H3. The first-order valence-electron chi connectivity index (χ1n) is 9.69. The minimum absolute atomic E-state index is 0.0875. The van der Waals surface area contributed by atoms with Crippen LogP contribution in [0.3, 0.4) is 0 Å². The van der Waals surface area contributed by atoms with Crippen molar-refractivity contribution in [2.75, 3.05) is 31.1 Å². The van der Waals surface area contributed by atoms with Crippen molar-refractivity contribution in [3.8, 4) is 5.69 Å². The summed E-state index contributed by atoms with van der Waals surface area (Å²) in [4.78, 5) is 17.2. The smallest absolute Gasteiger partial charge is 0.276 e. The molecule has 1 saturated heterocycles. The van der Waals surface area contributed by atoms with Crippen LogP contribution in [0, 0.1) is 6.92 Å². The van der Waals surface area contributed by atoms with Crippen LogP contribution in [0.5, 0.6) is 0 Å². The average molecular weight is 439 g/mol. The van der Waals surface area contributed by atoms with Crippen molar-refractivity contribution in [3.05, 3.63) is 64.9 Å². The molecule has 0 bridgehead atoms. The minimum Gasteiger partial charge on any atom is -0.352 e. The lowest BCUT2D eigenvalue weighted by molar-refractivity contribution is 0.0740. The van der Waals surface area contributed by atoms with Gasteiger partial charge in [-0.1, -0.05) is 28.9 Å². The van der Waals surface area contributed by atoms with E-state index in [2.05, 4.69) is 31.7 Å². The molecule has 2 aromatic heterocycles. The number of anilines is 1. The van der Waals surface area contributed by atoms with E-state index in [9.17, 15) is 4.79 Å². The number of hydrogen-bond acceptors (Lipinski definition) is 6. The lowest BCUT2D eigenvalue weighted by atomic mass is 10.2. The summed E-state index contributed by atoms with van der Waals surface area (Å²) < 4.78 is 7.48. The molecule has 1 amide bonds. The summed E-state index contributed by atoms with van der Waals surface area (Å²) in [6.45, 7) is 4.59. The zero-order valence-electron chi connectivity index (χ0n) is 16.3. The first-order valence-corrected chi connectivity index (χ1v) is 10.8. The summed E-state index contributed by atoms with van der Waals surface area (Å²) in [6, 6.07) is 15.5. The first kappa shape index (κ1) is 19.0. The molecule has 1 fully saturated rings. The molecule has 2 aromatic carbocycles. The van der Waals surface area contributed by atoms with Gasteiger partial charge in [0.15, 0.2) is 5.69 Å². The molecule has 1 aliphatic heterocycles. The predicted octanol–water partition coefficient (Wildman–Crippen LogP) is 3.80. The van der Waals surface area contributed by atoms with Crippen molar-refractivity contribution < 1.29 is 4.79 Å². The van der Waals surface area contributed by atoms with Gasteiger partial charge < -0.3 is 9.80 Å². The van der Waals surface area contributed by atoms with Gasteiger partial charge in [-0.2, -0.15) is 4.37 Å². The summed E-state index contributed by atoms with van der Waals surface area (Å²) in [5.41, 5.74) is 1.93. The molecule has 30 heavy (non-hydrogen) atoms. The second kappa shape index (κ2) is 7.70. The lowest BCUT2D eigenvalue weighted by Crippen LogP contribution is -2.49. The van der Waals surface area contributed by atoms with Crippen LogP contribution in [-0.2, 0) is 0 Å². The number of rotatable bonds is 3. The van der Waals surface area contributed by atoms with E-state index in [1.165, 1.54) is 21.6 Å². The highest BCUT2D eigenvalue weighted by Crippen LogP contribution is 2.30. The quantitative estimate of drug-likeness (QED) is 0.486.